The molecule has 3 rings (SSSR count). The van der Waals surface area contributed by atoms with Crippen LogP contribution in [0.3, 0.4) is 0 Å². The number of ether oxygens (including phenoxy) is 3. The molecule has 2 aromatic carbocycles. The Bertz CT molecular complexity index is 807. The van der Waals surface area contributed by atoms with Crippen molar-refractivity contribution in [3.8, 4) is 11.5 Å². The molecular weight excluding hydrogens is 366 g/mol. The zero-order valence-electron chi connectivity index (χ0n) is 15.8. The number of methoxy groups -OCH3 is 2. The van der Waals surface area contributed by atoms with E-state index in [-0.39, 0.29) is 11.8 Å². The number of nitrogens with zero attached hydrogens (tertiary/aromatic N) is 1. The number of halogens is 1. The molecule has 1 aliphatic rings. The van der Waals surface area contributed by atoms with E-state index in [4.69, 9.17) is 25.8 Å². The minimum atomic E-state index is 0.0107. The number of hydrogen-bond donors (Lipinski definition) is 0. The maximum absolute atomic E-state index is 12.6. The molecule has 2 aromatic rings. The Kier molecular flexibility index (Phi) is 6.24. The van der Waals surface area contributed by atoms with Gasteiger partial charge >= 0.3 is 0 Å². The van der Waals surface area contributed by atoms with E-state index < -0.39 is 0 Å². The molecule has 6 heteroatoms. The highest BCUT2D eigenvalue weighted by Gasteiger charge is 2.29. The van der Waals surface area contributed by atoms with Crippen LogP contribution in [0.1, 0.15) is 28.4 Å². The maximum Gasteiger partial charge on any atom is 0.254 e. The molecule has 5 nitrogen and oxygen atoms in total. The van der Waals surface area contributed by atoms with Crippen LogP contribution < -0.4 is 9.47 Å². The van der Waals surface area contributed by atoms with Crippen molar-refractivity contribution < 1.29 is 19.0 Å². The zero-order valence-corrected chi connectivity index (χ0v) is 16.6. The lowest BCUT2D eigenvalue weighted by atomic mass is 10.1. The van der Waals surface area contributed by atoms with E-state index in [2.05, 4.69) is 6.92 Å². The third kappa shape index (κ3) is 4.54. The number of amides is 1. The lowest BCUT2D eigenvalue weighted by molar-refractivity contribution is 0.0613. The molecule has 144 valence electrons. The minimum Gasteiger partial charge on any atom is -0.497 e. The molecule has 0 saturated heterocycles. The van der Waals surface area contributed by atoms with Crippen LogP contribution in [0.25, 0.3) is 0 Å². The Hall–Kier alpha value is -2.24. The van der Waals surface area contributed by atoms with Crippen molar-refractivity contribution in [3.63, 3.8) is 0 Å². The molecule has 0 N–H and O–H groups in total. The normalized spacial score (nSPS) is 14.2. The molecule has 1 unspecified atom stereocenters. The van der Waals surface area contributed by atoms with Crippen LogP contribution in [0.15, 0.2) is 36.4 Å². The van der Waals surface area contributed by atoms with Crippen molar-refractivity contribution in [2.75, 3.05) is 27.4 Å². The van der Waals surface area contributed by atoms with E-state index >= 15 is 0 Å². The Morgan fingerprint density at radius 1 is 1.15 bits per heavy atom. The molecule has 27 heavy (non-hydrogen) atoms. The summed E-state index contributed by atoms with van der Waals surface area (Å²) in [6.45, 7) is 4.41. The van der Waals surface area contributed by atoms with Crippen LogP contribution >= 0.6 is 11.6 Å². The second-order valence-electron chi connectivity index (χ2n) is 6.80. The molecule has 0 bridgehead atoms. The molecule has 0 fully saturated rings. The smallest absolute Gasteiger partial charge is 0.254 e. The summed E-state index contributed by atoms with van der Waals surface area (Å²) in [6, 6.07) is 11.4. The first-order valence-corrected chi connectivity index (χ1v) is 9.26. The van der Waals surface area contributed by atoms with Crippen molar-refractivity contribution in [2.24, 2.45) is 5.92 Å². The van der Waals surface area contributed by atoms with Gasteiger partial charge in [-0.05, 0) is 41.3 Å². The summed E-state index contributed by atoms with van der Waals surface area (Å²) in [5.74, 6) is 1.66. The highest BCUT2D eigenvalue weighted by atomic mass is 35.5. The lowest BCUT2D eigenvalue weighted by Crippen LogP contribution is -2.30. The first-order valence-electron chi connectivity index (χ1n) is 8.88. The monoisotopic (exact) mass is 389 g/mol. The van der Waals surface area contributed by atoms with Gasteiger partial charge in [0.2, 0.25) is 0 Å². The van der Waals surface area contributed by atoms with Gasteiger partial charge in [-0.15, -0.1) is 0 Å². The average molecular weight is 390 g/mol. The van der Waals surface area contributed by atoms with E-state index in [1.807, 2.05) is 35.2 Å². The summed E-state index contributed by atoms with van der Waals surface area (Å²) in [4.78, 5) is 14.4. The second-order valence-corrected chi connectivity index (χ2v) is 7.21. The third-order valence-corrected chi connectivity index (χ3v) is 4.91. The average Bonchev–Trinajstić information content (AvgIpc) is 2.96. The van der Waals surface area contributed by atoms with Gasteiger partial charge in [0, 0.05) is 18.7 Å². The van der Waals surface area contributed by atoms with Gasteiger partial charge < -0.3 is 19.1 Å². The number of carbonyl (C=O) groups excluding carboxylic acids is 1. The highest BCUT2D eigenvalue weighted by Crippen LogP contribution is 2.33. The Morgan fingerprint density at radius 2 is 1.89 bits per heavy atom. The fourth-order valence-corrected chi connectivity index (χ4v) is 3.45. The molecule has 0 aromatic heterocycles. The molecule has 0 aliphatic carbocycles. The van der Waals surface area contributed by atoms with E-state index in [0.29, 0.717) is 42.6 Å². The second kappa shape index (κ2) is 8.63. The predicted octanol–water partition coefficient (Wildman–Crippen LogP) is 4.17. The van der Waals surface area contributed by atoms with E-state index in [1.165, 1.54) is 0 Å². The SMILES string of the molecule is COc1ccc(COCC(C)CN2Cc3cc(OC)c(Cl)cc3C2=O)cc1. The molecular formula is C21H24ClNO4. The number of carbonyl (C=O) groups is 1. The summed E-state index contributed by atoms with van der Waals surface area (Å²) in [5.41, 5.74) is 2.70. The van der Waals surface area contributed by atoms with Crippen LogP contribution in [0, 0.1) is 5.92 Å². The Morgan fingerprint density at radius 3 is 2.56 bits per heavy atom. The van der Waals surface area contributed by atoms with Crippen molar-refractivity contribution in [3.05, 3.63) is 58.1 Å². The Labute approximate surface area is 164 Å². The Balaban J connectivity index is 1.50. The number of hydrogen-bond acceptors (Lipinski definition) is 4. The van der Waals surface area contributed by atoms with Crippen LogP contribution in [0.2, 0.25) is 5.02 Å². The van der Waals surface area contributed by atoms with Gasteiger partial charge in [0.05, 0.1) is 32.5 Å². The summed E-state index contributed by atoms with van der Waals surface area (Å²) >= 11 is 6.15. The molecule has 1 atom stereocenters. The molecule has 1 amide bonds. The van der Waals surface area contributed by atoms with Gasteiger partial charge in [-0.2, -0.15) is 0 Å². The summed E-state index contributed by atoms with van der Waals surface area (Å²) in [7, 11) is 3.22. The van der Waals surface area contributed by atoms with Gasteiger partial charge in [-0.25, -0.2) is 0 Å². The lowest BCUT2D eigenvalue weighted by Gasteiger charge is -2.20. The molecule has 0 radical (unpaired) electrons. The summed E-state index contributed by atoms with van der Waals surface area (Å²) in [5, 5.41) is 0.460. The van der Waals surface area contributed by atoms with Crippen LogP contribution in [0.4, 0.5) is 0 Å². The summed E-state index contributed by atoms with van der Waals surface area (Å²) in [6.07, 6.45) is 0. The van der Waals surface area contributed by atoms with Crippen LogP contribution in [-0.2, 0) is 17.9 Å². The van der Waals surface area contributed by atoms with E-state index in [9.17, 15) is 4.79 Å². The van der Waals surface area contributed by atoms with Crippen molar-refractivity contribution in [2.45, 2.75) is 20.1 Å². The first-order chi connectivity index (χ1) is 13.0. The number of benzene rings is 2. The predicted molar refractivity (Wildman–Crippen MR) is 105 cm³/mol. The molecule has 1 aliphatic heterocycles. The van der Waals surface area contributed by atoms with Gasteiger partial charge in [-0.3, -0.25) is 4.79 Å². The summed E-state index contributed by atoms with van der Waals surface area (Å²) < 4.78 is 16.2. The van der Waals surface area contributed by atoms with Gasteiger partial charge in [0.1, 0.15) is 11.5 Å². The maximum atomic E-state index is 12.6. The molecule has 1 heterocycles. The largest absolute Gasteiger partial charge is 0.497 e. The van der Waals surface area contributed by atoms with Crippen molar-refractivity contribution >= 4 is 17.5 Å². The highest BCUT2D eigenvalue weighted by molar-refractivity contribution is 6.32. The number of fused-ring (bicyclic) bond motifs is 1. The van der Waals surface area contributed by atoms with Crippen LogP contribution in [-0.4, -0.2) is 38.2 Å². The zero-order chi connectivity index (χ0) is 19.4. The fraction of sp³-hybridized carbons (Fsp3) is 0.381. The third-order valence-electron chi connectivity index (χ3n) is 4.62. The van der Waals surface area contributed by atoms with Crippen LogP contribution in [0.5, 0.6) is 11.5 Å². The standard InChI is InChI=1S/C21H24ClNO4/c1-14(12-27-13-15-4-6-17(25-2)7-5-15)10-23-11-16-8-20(26-3)19(22)9-18(16)21(23)24/h4-9,14H,10-13H2,1-3H3. The van der Waals surface area contributed by atoms with Crippen molar-refractivity contribution in [1.82, 2.24) is 4.90 Å². The van der Waals surface area contributed by atoms with E-state index in [1.54, 1.807) is 20.3 Å². The fourth-order valence-electron chi connectivity index (χ4n) is 3.21. The molecule has 0 spiro atoms. The molecule has 0 saturated carbocycles. The first kappa shape index (κ1) is 19.5. The van der Waals surface area contributed by atoms with Crippen molar-refractivity contribution in [1.29, 1.82) is 0 Å². The topological polar surface area (TPSA) is 48.0 Å². The van der Waals surface area contributed by atoms with Gasteiger partial charge in [-0.1, -0.05) is 30.7 Å². The number of rotatable bonds is 8. The minimum absolute atomic E-state index is 0.0107. The quantitative estimate of drug-likeness (QED) is 0.680. The van der Waals surface area contributed by atoms with Gasteiger partial charge in [0.25, 0.3) is 5.91 Å². The van der Waals surface area contributed by atoms with Gasteiger partial charge in [0.15, 0.2) is 0 Å². The van der Waals surface area contributed by atoms with E-state index in [0.717, 1.165) is 16.9 Å².